The predicted octanol–water partition coefficient (Wildman–Crippen LogP) is 6.08. The molecule has 0 bridgehead atoms. The molecule has 0 spiro atoms. The van der Waals surface area contributed by atoms with Crippen LogP contribution in [-0.4, -0.2) is 14.0 Å². The third-order valence-corrected chi connectivity index (χ3v) is 3.89. The first-order valence-electron chi connectivity index (χ1n) is 7.39. The van der Waals surface area contributed by atoms with Gasteiger partial charge in [-0.15, -0.1) is 17.1 Å². The molecule has 0 aromatic heterocycles. The van der Waals surface area contributed by atoms with Gasteiger partial charge in [0.25, 0.3) is 0 Å². The molecule has 0 saturated heterocycles. The summed E-state index contributed by atoms with van der Waals surface area (Å²) < 4.78 is 13.4. The van der Waals surface area contributed by atoms with Crippen LogP contribution in [0.15, 0.2) is 11.9 Å². The molecule has 0 atom stereocenters. The highest BCUT2D eigenvalue weighted by atomic mass is 35.5. The number of halogens is 2. The van der Waals surface area contributed by atoms with Crippen molar-refractivity contribution in [2.24, 2.45) is 0 Å². The monoisotopic (exact) mass is 302 g/mol. The van der Waals surface area contributed by atoms with Crippen LogP contribution < -0.4 is 0 Å². The van der Waals surface area contributed by atoms with Gasteiger partial charge in [0.05, 0.1) is 0 Å². The zero-order valence-electron chi connectivity index (χ0n) is 12.7. The second kappa shape index (κ2) is 11.6. The molecular weight excluding hydrogens is 275 g/mol. The molecule has 0 aliphatic heterocycles. The topological polar surface area (TPSA) is 0 Å². The molecule has 0 aliphatic carbocycles. The van der Waals surface area contributed by atoms with Crippen molar-refractivity contribution in [2.75, 3.05) is 5.88 Å². The molecule has 0 aliphatic rings. The fourth-order valence-electron chi connectivity index (χ4n) is 1.68. The van der Waals surface area contributed by atoms with Crippen molar-refractivity contribution in [3.63, 3.8) is 0 Å². The van der Waals surface area contributed by atoms with Crippen LogP contribution in [0.3, 0.4) is 0 Å². The highest BCUT2D eigenvalue weighted by Gasteiger charge is 2.06. The number of hydrogen-bond donors (Lipinski definition) is 0. The second-order valence-corrected chi connectivity index (χ2v) is 11.2. The molecule has 0 unspecified atom stereocenters. The standard InChI is InChI=1S/C16H28ClFSi/c1-19(2,3)15-11-13-16(18)12-9-7-5-4-6-8-10-14-17/h13H,4-10,12,14H2,1-3H3/b16-13+. The summed E-state index contributed by atoms with van der Waals surface area (Å²) in [5.41, 5.74) is 3.14. The van der Waals surface area contributed by atoms with Crippen LogP contribution in [0.4, 0.5) is 4.39 Å². The van der Waals surface area contributed by atoms with Crippen molar-refractivity contribution in [3.8, 4) is 11.5 Å². The van der Waals surface area contributed by atoms with Crippen LogP contribution in [0.25, 0.3) is 0 Å². The third kappa shape index (κ3) is 15.7. The summed E-state index contributed by atoms with van der Waals surface area (Å²) in [7, 11) is -1.37. The summed E-state index contributed by atoms with van der Waals surface area (Å²) in [4.78, 5) is 0. The van der Waals surface area contributed by atoms with E-state index in [1.54, 1.807) is 0 Å². The molecular formula is C16H28ClFSi. The summed E-state index contributed by atoms with van der Waals surface area (Å²) in [6, 6.07) is 0. The molecule has 0 radical (unpaired) electrons. The van der Waals surface area contributed by atoms with Gasteiger partial charge in [-0.05, 0) is 19.3 Å². The summed E-state index contributed by atoms with van der Waals surface area (Å²) in [5.74, 6) is 3.57. The molecule has 0 saturated carbocycles. The summed E-state index contributed by atoms with van der Waals surface area (Å²) in [5, 5.41) is 0. The smallest absolute Gasteiger partial charge is 0.129 e. The van der Waals surface area contributed by atoms with Crippen molar-refractivity contribution >= 4 is 19.7 Å². The second-order valence-electron chi connectivity index (χ2n) is 6.02. The van der Waals surface area contributed by atoms with E-state index in [9.17, 15) is 4.39 Å². The van der Waals surface area contributed by atoms with E-state index in [1.165, 1.54) is 31.8 Å². The van der Waals surface area contributed by atoms with Crippen molar-refractivity contribution in [2.45, 2.75) is 71.0 Å². The number of allylic oxidation sites excluding steroid dienone is 2. The molecule has 110 valence electrons. The Kier molecular flexibility index (Phi) is 11.4. The van der Waals surface area contributed by atoms with Gasteiger partial charge >= 0.3 is 0 Å². The highest BCUT2D eigenvalue weighted by Crippen LogP contribution is 2.13. The lowest BCUT2D eigenvalue weighted by atomic mass is 10.1. The Labute approximate surface area is 124 Å². The number of hydrogen-bond acceptors (Lipinski definition) is 0. The average Bonchev–Trinajstić information content (AvgIpc) is 2.31. The largest absolute Gasteiger partial charge is 0.211 e. The minimum Gasteiger partial charge on any atom is -0.211 e. The maximum absolute atomic E-state index is 13.4. The molecule has 0 aromatic carbocycles. The molecule has 3 heteroatoms. The molecule has 0 amide bonds. The van der Waals surface area contributed by atoms with E-state index in [0.717, 1.165) is 25.1 Å². The van der Waals surface area contributed by atoms with Gasteiger partial charge in [0.1, 0.15) is 13.9 Å². The zero-order chi connectivity index (χ0) is 14.6. The van der Waals surface area contributed by atoms with E-state index in [4.69, 9.17) is 11.6 Å². The van der Waals surface area contributed by atoms with Gasteiger partial charge in [0, 0.05) is 12.0 Å². The Balaban J connectivity index is 3.55. The lowest BCUT2D eigenvalue weighted by Gasteiger charge is -2.02. The number of alkyl halides is 1. The van der Waals surface area contributed by atoms with Gasteiger partial charge in [-0.1, -0.05) is 57.7 Å². The Hall–Kier alpha value is -0.263. The maximum atomic E-state index is 13.4. The van der Waals surface area contributed by atoms with E-state index < -0.39 is 8.07 Å². The molecule has 0 nitrogen and oxygen atoms in total. The first-order valence-corrected chi connectivity index (χ1v) is 11.4. The molecule has 0 rings (SSSR count). The van der Waals surface area contributed by atoms with Gasteiger partial charge in [0.15, 0.2) is 0 Å². The predicted molar refractivity (Wildman–Crippen MR) is 88.0 cm³/mol. The highest BCUT2D eigenvalue weighted by molar-refractivity contribution is 6.83. The van der Waals surface area contributed by atoms with E-state index in [-0.39, 0.29) is 5.83 Å². The lowest BCUT2D eigenvalue weighted by molar-refractivity contribution is 0.538. The fraction of sp³-hybridized carbons (Fsp3) is 0.750. The average molecular weight is 303 g/mol. The zero-order valence-corrected chi connectivity index (χ0v) is 14.5. The normalized spacial score (nSPS) is 12.2. The SMILES string of the molecule is C[Si](C)(C)C#C/C=C(/F)CCCCCCCCCCl. The van der Waals surface area contributed by atoms with Crippen molar-refractivity contribution in [1.82, 2.24) is 0 Å². The summed E-state index contributed by atoms with van der Waals surface area (Å²) in [6.45, 7) is 6.49. The van der Waals surface area contributed by atoms with Crippen LogP contribution >= 0.6 is 11.6 Å². The van der Waals surface area contributed by atoms with Crippen LogP contribution in [0.5, 0.6) is 0 Å². The molecule has 0 N–H and O–H groups in total. The van der Waals surface area contributed by atoms with E-state index in [0.29, 0.717) is 6.42 Å². The minimum atomic E-state index is -1.37. The Bertz CT molecular complexity index is 307. The summed E-state index contributed by atoms with van der Waals surface area (Å²) in [6.07, 6.45) is 10.1. The van der Waals surface area contributed by atoms with Crippen LogP contribution in [-0.2, 0) is 0 Å². The molecule has 19 heavy (non-hydrogen) atoms. The van der Waals surface area contributed by atoms with Crippen molar-refractivity contribution < 1.29 is 4.39 Å². The van der Waals surface area contributed by atoms with E-state index in [1.807, 2.05) is 0 Å². The minimum absolute atomic E-state index is 0.0621. The Morgan fingerprint density at radius 2 is 1.53 bits per heavy atom. The molecule has 0 heterocycles. The number of unbranched alkanes of at least 4 members (excludes halogenated alkanes) is 6. The third-order valence-electron chi connectivity index (χ3n) is 2.73. The first-order chi connectivity index (χ1) is 8.95. The quantitative estimate of drug-likeness (QED) is 0.209. The number of rotatable bonds is 9. The van der Waals surface area contributed by atoms with Gasteiger partial charge in [0.2, 0.25) is 0 Å². The van der Waals surface area contributed by atoms with Gasteiger partial charge in [-0.3, -0.25) is 0 Å². The van der Waals surface area contributed by atoms with E-state index in [2.05, 4.69) is 31.1 Å². The summed E-state index contributed by atoms with van der Waals surface area (Å²) >= 11 is 5.61. The van der Waals surface area contributed by atoms with Crippen molar-refractivity contribution in [1.29, 1.82) is 0 Å². The van der Waals surface area contributed by atoms with E-state index >= 15 is 0 Å². The molecule has 0 fully saturated rings. The van der Waals surface area contributed by atoms with Gasteiger partial charge < -0.3 is 0 Å². The van der Waals surface area contributed by atoms with Gasteiger partial charge in [-0.25, -0.2) is 4.39 Å². The Morgan fingerprint density at radius 1 is 1.00 bits per heavy atom. The van der Waals surface area contributed by atoms with Crippen molar-refractivity contribution in [3.05, 3.63) is 11.9 Å². The van der Waals surface area contributed by atoms with Crippen LogP contribution in [0.1, 0.15) is 51.4 Å². The van der Waals surface area contributed by atoms with Crippen LogP contribution in [0.2, 0.25) is 19.6 Å². The first kappa shape index (κ1) is 18.7. The van der Waals surface area contributed by atoms with Gasteiger partial charge in [-0.2, -0.15) is 0 Å². The fourth-order valence-corrected chi connectivity index (χ4v) is 2.37. The lowest BCUT2D eigenvalue weighted by Crippen LogP contribution is -2.16. The molecule has 0 aromatic rings. The maximum Gasteiger partial charge on any atom is 0.129 e. The Morgan fingerprint density at radius 3 is 2.05 bits per heavy atom. The van der Waals surface area contributed by atoms with Crippen LogP contribution in [0, 0.1) is 11.5 Å².